The predicted octanol–water partition coefficient (Wildman–Crippen LogP) is 4.02. The quantitative estimate of drug-likeness (QED) is 0.775. The van der Waals surface area contributed by atoms with Gasteiger partial charge in [0, 0.05) is 17.6 Å². The molecule has 0 bridgehead atoms. The fourth-order valence-corrected chi connectivity index (χ4v) is 3.27. The SMILES string of the molecule is CCC1CCC(C)N1c1ncnc(Cl)c1C(C)C. The zero-order chi connectivity index (χ0) is 13.3. The fourth-order valence-electron chi connectivity index (χ4n) is 2.92. The lowest BCUT2D eigenvalue weighted by Gasteiger charge is -2.31. The first kappa shape index (κ1) is 13.6. The van der Waals surface area contributed by atoms with Crippen molar-refractivity contribution < 1.29 is 0 Å². The Balaban J connectivity index is 2.46. The topological polar surface area (TPSA) is 29.0 Å². The molecule has 0 amide bonds. The number of hydrogen-bond acceptors (Lipinski definition) is 3. The summed E-state index contributed by atoms with van der Waals surface area (Å²) in [6.07, 6.45) is 5.22. The first-order valence-corrected chi connectivity index (χ1v) is 7.22. The van der Waals surface area contributed by atoms with Crippen molar-refractivity contribution in [3.8, 4) is 0 Å². The van der Waals surface area contributed by atoms with Crippen LogP contribution in [-0.2, 0) is 0 Å². The van der Waals surface area contributed by atoms with Crippen LogP contribution in [-0.4, -0.2) is 22.1 Å². The number of halogens is 1. The molecule has 0 saturated carbocycles. The molecule has 1 fully saturated rings. The number of rotatable bonds is 3. The van der Waals surface area contributed by atoms with E-state index in [1.807, 2.05) is 0 Å². The average molecular weight is 268 g/mol. The molecule has 2 rings (SSSR count). The molecule has 2 heterocycles. The van der Waals surface area contributed by atoms with E-state index in [0.717, 1.165) is 17.8 Å². The average Bonchev–Trinajstić information content (AvgIpc) is 2.69. The van der Waals surface area contributed by atoms with Crippen molar-refractivity contribution in [2.75, 3.05) is 4.90 Å². The van der Waals surface area contributed by atoms with Crippen LogP contribution < -0.4 is 4.90 Å². The molecule has 4 heteroatoms. The van der Waals surface area contributed by atoms with Gasteiger partial charge in [0.15, 0.2) is 0 Å². The summed E-state index contributed by atoms with van der Waals surface area (Å²) in [6.45, 7) is 8.81. The molecule has 0 N–H and O–H groups in total. The molecular formula is C14H22ClN3. The third-order valence-electron chi connectivity index (χ3n) is 3.89. The Morgan fingerprint density at radius 3 is 2.72 bits per heavy atom. The summed E-state index contributed by atoms with van der Waals surface area (Å²) in [4.78, 5) is 11.1. The summed E-state index contributed by atoms with van der Waals surface area (Å²) >= 11 is 6.26. The monoisotopic (exact) mass is 267 g/mol. The van der Waals surface area contributed by atoms with Gasteiger partial charge in [-0.15, -0.1) is 0 Å². The van der Waals surface area contributed by atoms with Gasteiger partial charge in [-0.1, -0.05) is 32.4 Å². The third-order valence-corrected chi connectivity index (χ3v) is 4.19. The smallest absolute Gasteiger partial charge is 0.138 e. The molecule has 1 aromatic heterocycles. The van der Waals surface area contributed by atoms with Gasteiger partial charge in [-0.25, -0.2) is 9.97 Å². The molecule has 1 aliphatic heterocycles. The van der Waals surface area contributed by atoms with Crippen LogP contribution in [0.1, 0.15) is 58.4 Å². The summed E-state index contributed by atoms with van der Waals surface area (Å²) in [5.41, 5.74) is 1.09. The zero-order valence-corrected chi connectivity index (χ0v) is 12.4. The van der Waals surface area contributed by atoms with E-state index in [1.165, 1.54) is 12.8 Å². The Morgan fingerprint density at radius 2 is 2.11 bits per heavy atom. The van der Waals surface area contributed by atoms with Crippen LogP contribution in [0, 0.1) is 0 Å². The van der Waals surface area contributed by atoms with Crippen molar-refractivity contribution in [3.05, 3.63) is 17.0 Å². The van der Waals surface area contributed by atoms with Crippen molar-refractivity contribution in [2.24, 2.45) is 0 Å². The zero-order valence-electron chi connectivity index (χ0n) is 11.7. The van der Waals surface area contributed by atoms with Crippen LogP contribution in [0.4, 0.5) is 5.82 Å². The number of nitrogens with zero attached hydrogens (tertiary/aromatic N) is 3. The van der Waals surface area contributed by atoms with Crippen molar-refractivity contribution in [3.63, 3.8) is 0 Å². The molecule has 2 unspecified atom stereocenters. The minimum atomic E-state index is 0.346. The molecule has 0 aliphatic carbocycles. The minimum Gasteiger partial charge on any atom is -0.351 e. The van der Waals surface area contributed by atoms with E-state index < -0.39 is 0 Å². The van der Waals surface area contributed by atoms with E-state index in [0.29, 0.717) is 23.2 Å². The standard InChI is InChI=1S/C14H22ClN3/c1-5-11-7-6-10(4)18(11)14-12(9(2)3)13(15)16-8-17-14/h8-11H,5-7H2,1-4H3. The van der Waals surface area contributed by atoms with Crippen LogP contribution in [0.5, 0.6) is 0 Å². The summed E-state index contributed by atoms with van der Waals surface area (Å²) in [7, 11) is 0. The van der Waals surface area contributed by atoms with Gasteiger partial charge in [0.2, 0.25) is 0 Å². The maximum Gasteiger partial charge on any atom is 0.138 e. The highest BCUT2D eigenvalue weighted by atomic mass is 35.5. The molecular weight excluding hydrogens is 246 g/mol. The lowest BCUT2D eigenvalue weighted by atomic mass is 10.0. The van der Waals surface area contributed by atoms with E-state index in [2.05, 4.69) is 42.6 Å². The van der Waals surface area contributed by atoms with Gasteiger partial charge in [-0.3, -0.25) is 0 Å². The van der Waals surface area contributed by atoms with E-state index in [9.17, 15) is 0 Å². The van der Waals surface area contributed by atoms with Crippen LogP contribution in [0.15, 0.2) is 6.33 Å². The van der Waals surface area contributed by atoms with Gasteiger partial charge < -0.3 is 4.90 Å². The van der Waals surface area contributed by atoms with Crippen LogP contribution in [0.3, 0.4) is 0 Å². The fraction of sp³-hybridized carbons (Fsp3) is 0.714. The summed E-state index contributed by atoms with van der Waals surface area (Å²) in [6, 6.07) is 1.13. The van der Waals surface area contributed by atoms with E-state index in [4.69, 9.17) is 11.6 Å². The Labute approximate surface area is 115 Å². The summed E-state index contributed by atoms with van der Waals surface area (Å²) < 4.78 is 0. The first-order valence-electron chi connectivity index (χ1n) is 6.85. The Morgan fingerprint density at radius 1 is 1.39 bits per heavy atom. The highest BCUT2D eigenvalue weighted by Gasteiger charge is 2.32. The highest BCUT2D eigenvalue weighted by Crippen LogP contribution is 2.37. The van der Waals surface area contributed by atoms with Crippen molar-refractivity contribution in [2.45, 2.75) is 65.0 Å². The third kappa shape index (κ3) is 2.33. The Hall–Kier alpha value is -0.830. The van der Waals surface area contributed by atoms with Crippen LogP contribution in [0.25, 0.3) is 0 Å². The molecule has 0 spiro atoms. The lowest BCUT2D eigenvalue weighted by molar-refractivity contribution is 0.614. The largest absolute Gasteiger partial charge is 0.351 e. The van der Waals surface area contributed by atoms with Crippen molar-refractivity contribution >= 4 is 17.4 Å². The van der Waals surface area contributed by atoms with Crippen molar-refractivity contribution in [1.82, 2.24) is 9.97 Å². The molecule has 1 aromatic rings. The van der Waals surface area contributed by atoms with E-state index in [-0.39, 0.29) is 0 Å². The lowest BCUT2D eigenvalue weighted by Crippen LogP contribution is -2.35. The second-order valence-electron chi connectivity index (χ2n) is 5.45. The molecule has 1 saturated heterocycles. The molecule has 0 aromatic carbocycles. The van der Waals surface area contributed by atoms with Crippen LogP contribution >= 0.6 is 11.6 Å². The molecule has 3 nitrogen and oxygen atoms in total. The maximum absolute atomic E-state index is 6.26. The predicted molar refractivity (Wildman–Crippen MR) is 76.4 cm³/mol. The highest BCUT2D eigenvalue weighted by molar-refractivity contribution is 6.30. The van der Waals surface area contributed by atoms with E-state index >= 15 is 0 Å². The Kier molecular flexibility index (Phi) is 4.10. The minimum absolute atomic E-state index is 0.346. The molecule has 2 atom stereocenters. The van der Waals surface area contributed by atoms with Crippen LogP contribution in [0.2, 0.25) is 5.15 Å². The maximum atomic E-state index is 6.26. The van der Waals surface area contributed by atoms with Crippen molar-refractivity contribution in [1.29, 1.82) is 0 Å². The number of aromatic nitrogens is 2. The molecule has 18 heavy (non-hydrogen) atoms. The van der Waals surface area contributed by atoms with Gasteiger partial charge in [-0.05, 0) is 32.1 Å². The normalized spacial score (nSPS) is 24.0. The van der Waals surface area contributed by atoms with Gasteiger partial charge in [0.1, 0.15) is 17.3 Å². The molecule has 0 radical (unpaired) electrons. The number of hydrogen-bond donors (Lipinski definition) is 0. The Bertz CT molecular complexity index is 420. The number of anilines is 1. The first-order chi connectivity index (χ1) is 8.56. The van der Waals surface area contributed by atoms with Gasteiger partial charge in [0.25, 0.3) is 0 Å². The van der Waals surface area contributed by atoms with Gasteiger partial charge in [-0.2, -0.15) is 0 Å². The molecule has 100 valence electrons. The molecule has 1 aliphatic rings. The van der Waals surface area contributed by atoms with Gasteiger partial charge in [0.05, 0.1) is 0 Å². The van der Waals surface area contributed by atoms with Gasteiger partial charge >= 0.3 is 0 Å². The second-order valence-corrected chi connectivity index (χ2v) is 5.81. The van der Waals surface area contributed by atoms with E-state index in [1.54, 1.807) is 6.33 Å². The summed E-state index contributed by atoms with van der Waals surface area (Å²) in [5.74, 6) is 1.39. The summed E-state index contributed by atoms with van der Waals surface area (Å²) in [5, 5.41) is 0.601. The second kappa shape index (κ2) is 5.43.